The largest absolute Gasteiger partial charge is 0.399 e. The van der Waals surface area contributed by atoms with Crippen molar-refractivity contribution in [1.82, 2.24) is 14.7 Å². The normalized spacial score (nSPS) is 16.0. The number of nitrogens with zero attached hydrogens (tertiary/aromatic N) is 2. The van der Waals surface area contributed by atoms with Crippen LogP contribution in [0.4, 0.5) is 5.69 Å². The molecule has 78 valence electrons. The van der Waals surface area contributed by atoms with Crippen molar-refractivity contribution in [3.05, 3.63) is 30.2 Å². The Hall–Kier alpha value is -1.55. The van der Waals surface area contributed by atoms with Crippen LogP contribution in [0, 0.1) is 0 Å². The lowest BCUT2D eigenvalue weighted by molar-refractivity contribution is 0.670. The number of pyridine rings is 1. The number of imidazole rings is 1. The minimum Gasteiger partial charge on any atom is -0.399 e. The Morgan fingerprint density at radius 3 is 3.20 bits per heavy atom. The van der Waals surface area contributed by atoms with E-state index >= 15 is 0 Å². The Labute approximate surface area is 88.1 Å². The quantitative estimate of drug-likeness (QED) is 0.785. The second-order valence-corrected chi connectivity index (χ2v) is 4.09. The van der Waals surface area contributed by atoms with Gasteiger partial charge >= 0.3 is 0 Å². The molecule has 4 nitrogen and oxygen atoms in total. The number of aromatic nitrogens is 2. The van der Waals surface area contributed by atoms with Crippen molar-refractivity contribution < 1.29 is 0 Å². The van der Waals surface area contributed by atoms with E-state index in [9.17, 15) is 0 Å². The monoisotopic (exact) mass is 202 g/mol. The van der Waals surface area contributed by atoms with Gasteiger partial charge in [-0.3, -0.25) is 0 Å². The molecular formula is C11H14N4. The molecule has 15 heavy (non-hydrogen) atoms. The zero-order valence-corrected chi connectivity index (χ0v) is 8.48. The number of hydrogen-bond acceptors (Lipinski definition) is 3. The molecule has 0 aromatic carbocycles. The molecule has 1 aliphatic carbocycles. The Balaban J connectivity index is 1.89. The van der Waals surface area contributed by atoms with Crippen LogP contribution in [0.25, 0.3) is 5.65 Å². The summed E-state index contributed by atoms with van der Waals surface area (Å²) in [6.45, 7) is 0.885. The molecule has 2 aromatic heterocycles. The molecule has 2 heterocycles. The van der Waals surface area contributed by atoms with Gasteiger partial charge in [0, 0.05) is 30.5 Å². The average Bonchev–Trinajstić information content (AvgIpc) is 2.97. The number of hydrogen-bond donors (Lipinski definition) is 2. The second-order valence-electron chi connectivity index (χ2n) is 4.09. The van der Waals surface area contributed by atoms with Gasteiger partial charge in [0.15, 0.2) is 0 Å². The van der Waals surface area contributed by atoms with Gasteiger partial charge in [0.05, 0.1) is 11.9 Å². The maximum atomic E-state index is 5.70. The maximum absolute atomic E-state index is 5.70. The van der Waals surface area contributed by atoms with Crippen molar-refractivity contribution in [1.29, 1.82) is 0 Å². The van der Waals surface area contributed by atoms with Crippen LogP contribution in [0.5, 0.6) is 0 Å². The number of anilines is 1. The fraction of sp³-hybridized carbons (Fsp3) is 0.364. The van der Waals surface area contributed by atoms with Crippen molar-refractivity contribution in [3.8, 4) is 0 Å². The van der Waals surface area contributed by atoms with E-state index in [1.807, 2.05) is 24.5 Å². The van der Waals surface area contributed by atoms with E-state index in [-0.39, 0.29) is 0 Å². The van der Waals surface area contributed by atoms with E-state index in [0.717, 1.165) is 23.9 Å². The second kappa shape index (κ2) is 3.24. The Morgan fingerprint density at radius 2 is 2.40 bits per heavy atom. The summed E-state index contributed by atoms with van der Waals surface area (Å²) in [5.41, 5.74) is 8.57. The Bertz CT molecular complexity index is 484. The minimum atomic E-state index is 0.726. The van der Waals surface area contributed by atoms with Gasteiger partial charge in [-0.15, -0.1) is 0 Å². The van der Waals surface area contributed by atoms with Crippen molar-refractivity contribution in [2.75, 3.05) is 5.73 Å². The van der Waals surface area contributed by atoms with Gasteiger partial charge < -0.3 is 15.5 Å². The summed E-state index contributed by atoms with van der Waals surface area (Å²) in [6.07, 6.45) is 6.50. The lowest BCUT2D eigenvalue weighted by atomic mass is 10.4. The number of nitrogens with one attached hydrogen (secondary N) is 1. The van der Waals surface area contributed by atoms with Gasteiger partial charge in [-0.25, -0.2) is 4.98 Å². The molecule has 0 bridgehead atoms. The fourth-order valence-corrected chi connectivity index (χ4v) is 1.72. The summed E-state index contributed by atoms with van der Waals surface area (Å²) < 4.78 is 2.08. The first kappa shape index (κ1) is 8.73. The highest BCUT2D eigenvalue weighted by molar-refractivity contribution is 5.52. The molecule has 0 aliphatic heterocycles. The van der Waals surface area contributed by atoms with E-state index in [2.05, 4.69) is 14.7 Å². The Kier molecular flexibility index (Phi) is 1.89. The molecule has 3 N–H and O–H groups in total. The van der Waals surface area contributed by atoms with Gasteiger partial charge in [0.2, 0.25) is 0 Å². The number of fused-ring (bicyclic) bond motifs is 1. The molecule has 3 rings (SSSR count). The molecule has 0 radical (unpaired) electrons. The molecule has 1 fully saturated rings. The highest BCUT2D eigenvalue weighted by Gasteiger charge is 2.20. The molecule has 1 aliphatic rings. The number of nitrogen functional groups attached to an aromatic ring is 1. The van der Waals surface area contributed by atoms with Crippen LogP contribution < -0.4 is 11.1 Å². The molecule has 0 unspecified atom stereocenters. The number of rotatable bonds is 3. The lowest BCUT2D eigenvalue weighted by Gasteiger charge is -2.03. The van der Waals surface area contributed by atoms with E-state index in [1.54, 1.807) is 0 Å². The first-order valence-corrected chi connectivity index (χ1v) is 5.28. The summed E-state index contributed by atoms with van der Waals surface area (Å²) in [5.74, 6) is 0. The molecule has 4 heteroatoms. The van der Waals surface area contributed by atoms with E-state index in [1.165, 1.54) is 18.5 Å². The van der Waals surface area contributed by atoms with Crippen LogP contribution in [-0.2, 0) is 6.54 Å². The van der Waals surface area contributed by atoms with Gasteiger partial charge in [-0.2, -0.15) is 0 Å². The van der Waals surface area contributed by atoms with E-state index < -0.39 is 0 Å². The van der Waals surface area contributed by atoms with Crippen molar-refractivity contribution >= 4 is 11.3 Å². The van der Waals surface area contributed by atoms with Crippen LogP contribution in [-0.4, -0.2) is 15.4 Å². The van der Waals surface area contributed by atoms with Gasteiger partial charge in [0.1, 0.15) is 5.65 Å². The summed E-state index contributed by atoms with van der Waals surface area (Å²) in [5, 5.41) is 3.47. The van der Waals surface area contributed by atoms with Crippen LogP contribution in [0.1, 0.15) is 18.5 Å². The van der Waals surface area contributed by atoms with Crippen LogP contribution in [0.15, 0.2) is 24.5 Å². The third-order valence-electron chi connectivity index (χ3n) is 2.76. The SMILES string of the molecule is Nc1ccn2c(CNC3CC3)cnc2c1. The molecule has 0 spiro atoms. The molecular weight excluding hydrogens is 188 g/mol. The molecule has 0 atom stereocenters. The minimum absolute atomic E-state index is 0.726. The zero-order chi connectivity index (χ0) is 10.3. The first-order chi connectivity index (χ1) is 7.33. The zero-order valence-electron chi connectivity index (χ0n) is 8.48. The van der Waals surface area contributed by atoms with Gasteiger partial charge in [-0.05, 0) is 18.9 Å². The van der Waals surface area contributed by atoms with E-state index in [0.29, 0.717) is 0 Å². The summed E-state index contributed by atoms with van der Waals surface area (Å²) >= 11 is 0. The van der Waals surface area contributed by atoms with Crippen LogP contribution in [0.3, 0.4) is 0 Å². The third kappa shape index (κ3) is 1.68. The van der Waals surface area contributed by atoms with Gasteiger partial charge in [0.25, 0.3) is 0 Å². The van der Waals surface area contributed by atoms with E-state index in [4.69, 9.17) is 5.73 Å². The summed E-state index contributed by atoms with van der Waals surface area (Å²) in [7, 11) is 0. The molecule has 2 aromatic rings. The first-order valence-electron chi connectivity index (χ1n) is 5.28. The lowest BCUT2D eigenvalue weighted by Crippen LogP contribution is -2.16. The highest BCUT2D eigenvalue weighted by Crippen LogP contribution is 2.19. The van der Waals surface area contributed by atoms with Crippen molar-refractivity contribution in [2.45, 2.75) is 25.4 Å². The number of nitrogens with two attached hydrogens (primary N) is 1. The standard InChI is InChI=1S/C11H14N4/c12-8-3-4-15-10(6-13-9-1-2-9)7-14-11(15)5-8/h3-5,7,9,13H,1-2,6,12H2. The Morgan fingerprint density at radius 1 is 1.53 bits per heavy atom. The van der Waals surface area contributed by atoms with Gasteiger partial charge in [-0.1, -0.05) is 0 Å². The van der Waals surface area contributed by atoms with Crippen molar-refractivity contribution in [3.63, 3.8) is 0 Å². The highest BCUT2D eigenvalue weighted by atomic mass is 15.0. The summed E-state index contributed by atoms with van der Waals surface area (Å²) in [4.78, 5) is 4.32. The molecule has 1 saturated carbocycles. The van der Waals surface area contributed by atoms with Crippen molar-refractivity contribution in [2.24, 2.45) is 0 Å². The topological polar surface area (TPSA) is 55.4 Å². The smallest absolute Gasteiger partial charge is 0.138 e. The average molecular weight is 202 g/mol. The predicted molar refractivity (Wildman–Crippen MR) is 59.5 cm³/mol. The molecule has 0 saturated heterocycles. The maximum Gasteiger partial charge on any atom is 0.138 e. The molecule has 0 amide bonds. The third-order valence-corrected chi connectivity index (χ3v) is 2.76. The van der Waals surface area contributed by atoms with Crippen LogP contribution >= 0.6 is 0 Å². The van der Waals surface area contributed by atoms with Crippen LogP contribution in [0.2, 0.25) is 0 Å². The predicted octanol–water partition coefficient (Wildman–Crippen LogP) is 1.17. The fourth-order valence-electron chi connectivity index (χ4n) is 1.72. The summed E-state index contributed by atoms with van der Waals surface area (Å²) in [6, 6.07) is 4.51.